The molecule has 2 heterocycles. The van der Waals surface area contributed by atoms with Crippen LogP contribution in [0.5, 0.6) is 0 Å². The summed E-state index contributed by atoms with van der Waals surface area (Å²) in [6, 6.07) is 2.95. The first kappa shape index (κ1) is 16.6. The van der Waals surface area contributed by atoms with Crippen molar-refractivity contribution in [3.8, 4) is 6.07 Å². The highest BCUT2D eigenvalue weighted by Crippen LogP contribution is 2.31. The Bertz CT molecular complexity index is 738. The molecule has 1 fully saturated rings. The minimum atomic E-state index is -3.10. The summed E-state index contributed by atoms with van der Waals surface area (Å²) in [7, 11) is 1.47. The summed E-state index contributed by atoms with van der Waals surface area (Å²) < 4.78 is 27.7. The Hall–Kier alpha value is -2.76. The van der Waals surface area contributed by atoms with Crippen molar-refractivity contribution < 1.29 is 18.4 Å². The molecule has 1 aliphatic heterocycles. The minimum absolute atomic E-state index is 0.156. The summed E-state index contributed by atoms with van der Waals surface area (Å²) in [4.78, 5) is 35.8. The van der Waals surface area contributed by atoms with Gasteiger partial charge >= 0.3 is 0 Å². The number of nitriles is 1. The Labute approximate surface area is 130 Å². The molecular formula is C14H14F2N4O3. The number of nitrogens with one attached hydrogen (secondary N) is 1. The van der Waals surface area contributed by atoms with E-state index in [1.807, 2.05) is 0 Å². The molecule has 1 N–H and O–H groups in total. The molecule has 1 aromatic rings. The number of amides is 2. The Morgan fingerprint density at radius 3 is 2.78 bits per heavy atom. The van der Waals surface area contributed by atoms with E-state index < -0.39 is 43.3 Å². The quantitative estimate of drug-likeness (QED) is 0.838. The largest absolute Gasteiger partial charge is 0.343 e. The van der Waals surface area contributed by atoms with Crippen molar-refractivity contribution in [1.29, 1.82) is 5.26 Å². The van der Waals surface area contributed by atoms with Crippen molar-refractivity contribution in [2.24, 2.45) is 7.05 Å². The fraction of sp³-hybridized carbons (Fsp3) is 0.429. The Balaban J connectivity index is 1.99. The van der Waals surface area contributed by atoms with Crippen LogP contribution in [0.15, 0.2) is 23.1 Å². The lowest BCUT2D eigenvalue weighted by molar-refractivity contribution is -0.131. The number of hydrogen-bond donors (Lipinski definition) is 1. The van der Waals surface area contributed by atoms with Crippen LogP contribution in [0.25, 0.3) is 0 Å². The normalized spacial score (nSPS) is 19.2. The van der Waals surface area contributed by atoms with Crippen LogP contribution >= 0.6 is 0 Å². The van der Waals surface area contributed by atoms with Gasteiger partial charge in [-0.1, -0.05) is 0 Å². The molecule has 0 spiro atoms. The monoisotopic (exact) mass is 324 g/mol. The third-order valence-electron chi connectivity index (χ3n) is 3.49. The van der Waals surface area contributed by atoms with E-state index in [9.17, 15) is 23.2 Å². The van der Waals surface area contributed by atoms with E-state index in [-0.39, 0.29) is 11.1 Å². The number of rotatable bonds is 3. The summed E-state index contributed by atoms with van der Waals surface area (Å²) in [6.45, 7) is -1.34. The van der Waals surface area contributed by atoms with Gasteiger partial charge in [-0.05, 0) is 6.07 Å². The van der Waals surface area contributed by atoms with Crippen LogP contribution in [-0.4, -0.2) is 46.3 Å². The minimum Gasteiger partial charge on any atom is -0.343 e. The van der Waals surface area contributed by atoms with E-state index in [0.29, 0.717) is 0 Å². The number of alkyl halides is 2. The molecule has 2 rings (SSSR count). The first-order valence-electron chi connectivity index (χ1n) is 6.75. The van der Waals surface area contributed by atoms with Gasteiger partial charge < -0.3 is 14.8 Å². The lowest BCUT2D eigenvalue weighted by atomic mass is 10.2. The molecular weight excluding hydrogens is 310 g/mol. The van der Waals surface area contributed by atoms with Crippen LogP contribution in [0.1, 0.15) is 16.8 Å². The number of carbonyl (C=O) groups excluding carboxylic acids is 2. The van der Waals surface area contributed by atoms with E-state index in [4.69, 9.17) is 5.26 Å². The van der Waals surface area contributed by atoms with Crippen molar-refractivity contribution in [2.75, 3.05) is 13.1 Å². The summed E-state index contributed by atoms with van der Waals surface area (Å²) in [5.41, 5.74) is -0.141. The highest BCUT2D eigenvalue weighted by Gasteiger charge is 2.47. The smallest absolute Gasteiger partial charge is 0.268 e. The molecule has 1 aromatic heterocycles. The molecule has 0 aliphatic carbocycles. The van der Waals surface area contributed by atoms with Crippen molar-refractivity contribution in [3.63, 3.8) is 0 Å². The number of aromatic nitrogens is 1. The molecule has 0 saturated carbocycles. The highest BCUT2D eigenvalue weighted by molar-refractivity contribution is 5.96. The number of halogens is 2. The number of carbonyl (C=O) groups is 2. The summed E-state index contributed by atoms with van der Waals surface area (Å²) in [6.07, 6.45) is 0.591. The van der Waals surface area contributed by atoms with Gasteiger partial charge in [0.2, 0.25) is 11.5 Å². The fourth-order valence-corrected chi connectivity index (χ4v) is 2.28. The Kier molecular flexibility index (Phi) is 4.45. The number of nitrogens with zero attached hydrogens (tertiary/aromatic N) is 3. The molecule has 122 valence electrons. The van der Waals surface area contributed by atoms with Crippen molar-refractivity contribution >= 4 is 11.8 Å². The van der Waals surface area contributed by atoms with E-state index in [1.54, 1.807) is 6.07 Å². The van der Waals surface area contributed by atoms with Crippen LogP contribution in [0.4, 0.5) is 8.78 Å². The standard InChI is InChI=1S/C14H14F2N4O3/c1-19-7-9(2-3-11(19)21)13(23)18-6-12(22)20-8-14(15,16)4-10(20)5-17/h2-3,7,10H,4,6,8H2,1H3,(H,18,23). The van der Waals surface area contributed by atoms with E-state index in [2.05, 4.69) is 5.32 Å². The van der Waals surface area contributed by atoms with Gasteiger partial charge in [0, 0.05) is 25.7 Å². The molecule has 7 nitrogen and oxygen atoms in total. The zero-order valence-corrected chi connectivity index (χ0v) is 12.3. The predicted octanol–water partition coefficient (Wildman–Crippen LogP) is -0.125. The topological polar surface area (TPSA) is 95.2 Å². The van der Waals surface area contributed by atoms with Crippen LogP contribution in [-0.2, 0) is 11.8 Å². The molecule has 1 aliphatic rings. The molecule has 9 heteroatoms. The van der Waals surface area contributed by atoms with Crippen molar-refractivity contribution in [2.45, 2.75) is 18.4 Å². The first-order chi connectivity index (χ1) is 10.7. The van der Waals surface area contributed by atoms with Gasteiger partial charge in [-0.15, -0.1) is 0 Å². The van der Waals surface area contributed by atoms with E-state index in [1.165, 1.54) is 29.9 Å². The number of hydrogen-bond acceptors (Lipinski definition) is 4. The van der Waals surface area contributed by atoms with E-state index >= 15 is 0 Å². The van der Waals surface area contributed by atoms with Gasteiger partial charge in [-0.3, -0.25) is 14.4 Å². The van der Waals surface area contributed by atoms with Gasteiger partial charge in [0.25, 0.3) is 11.8 Å². The third kappa shape index (κ3) is 3.71. The molecule has 0 bridgehead atoms. The van der Waals surface area contributed by atoms with Crippen molar-refractivity contribution in [3.05, 3.63) is 34.2 Å². The highest BCUT2D eigenvalue weighted by atomic mass is 19.3. The molecule has 1 saturated heterocycles. The average molecular weight is 324 g/mol. The second-order valence-electron chi connectivity index (χ2n) is 5.28. The molecule has 1 unspecified atom stereocenters. The Morgan fingerprint density at radius 1 is 1.48 bits per heavy atom. The Morgan fingerprint density at radius 2 is 2.17 bits per heavy atom. The molecule has 1 atom stereocenters. The van der Waals surface area contributed by atoms with Gasteiger partial charge in [-0.2, -0.15) is 5.26 Å². The van der Waals surface area contributed by atoms with Gasteiger partial charge in [0.1, 0.15) is 6.04 Å². The maximum Gasteiger partial charge on any atom is 0.268 e. The summed E-state index contributed by atoms with van der Waals surface area (Å²) in [5.74, 6) is -4.47. The van der Waals surface area contributed by atoms with Gasteiger partial charge in [0.05, 0.1) is 24.7 Å². The zero-order valence-electron chi connectivity index (χ0n) is 12.3. The molecule has 23 heavy (non-hydrogen) atoms. The van der Waals surface area contributed by atoms with Crippen LogP contribution < -0.4 is 10.9 Å². The summed E-state index contributed by atoms with van der Waals surface area (Å²) in [5, 5.41) is 11.1. The maximum atomic E-state index is 13.3. The molecule has 0 aromatic carbocycles. The fourth-order valence-electron chi connectivity index (χ4n) is 2.28. The van der Waals surface area contributed by atoms with Crippen molar-refractivity contribution in [1.82, 2.24) is 14.8 Å². The molecule has 0 radical (unpaired) electrons. The second-order valence-corrected chi connectivity index (χ2v) is 5.28. The SMILES string of the molecule is Cn1cc(C(=O)NCC(=O)N2CC(F)(F)CC2C#N)ccc1=O. The van der Waals surface area contributed by atoms with Gasteiger partial charge in [0.15, 0.2) is 0 Å². The van der Waals surface area contributed by atoms with Crippen LogP contribution in [0, 0.1) is 11.3 Å². The predicted molar refractivity (Wildman–Crippen MR) is 74.7 cm³/mol. The van der Waals surface area contributed by atoms with Crippen LogP contribution in [0.2, 0.25) is 0 Å². The zero-order chi connectivity index (χ0) is 17.2. The summed E-state index contributed by atoms with van der Waals surface area (Å²) >= 11 is 0. The third-order valence-corrected chi connectivity index (χ3v) is 3.49. The lowest BCUT2D eigenvalue weighted by Crippen LogP contribution is -2.43. The lowest BCUT2D eigenvalue weighted by Gasteiger charge is -2.19. The number of likely N-dealkylation sites (tertiary alicyclic amines) is 1. The average Bonchev–Trinajstić information content (AvgIpc) is 2.82. The second kappa shape index (κ2) is 6.16. The van der Waals surface area contributed by atoms with Crippen LogP contribution in [0.3, 0.4) is 0 Å². The first-order valence-corrected chi connectivity index (χ1v) is 6.75. The molecule has 2 amide bonds. The van der Waals surface area contributed by atoms with E-state index in [0.717, 1.165) is 4.90 Å². The number of aryl methyl sites for hydroxylation is 1. The number of pyridine rings is 1. The van der Waals surface area contributed by atoms with Gasteiger partial charge in [-0.25, -0.2) is 8.78 Å². The maximum absolute atomic E-state index is 13.3.